The topological polar surface area (TPSA) is 95.1 Å². The molecule has 0 saturated heterocycles. The highest BCUT2D eigenvalue weighted by Crippen LogP contribution is 2.33. The van der Waals surface area contributed by atoms with Crippen molar-refractivity contribution in [1.29, 1.82) is 0 Å². The normalized spacial score (nSPS) is 11.2. The van der Waals surface area contributed by atoms with E-state index in [0.29, 0.717) is 33.6 Å². The molecule has 6 aromatic rings. The Morgan fingerprint density at radius 2 is 1.54 bits per heavy atom. The monoisotopic (exact) mass is 459 g/mol. The Hall–Kier alpha value is -4.91. The van der Waals surface area contributed by atoms with Gasteiger partial charge in [0.05, 0.1) is 18.1 Å². The quantitative estimate of drug-likeness (QED) is 0.359. The Bertz CT molecular complexity index is 1730. The van der Waals surface area contributed by atoms with E-state index in [1.165, 1.54) is 0 Å². The molecule has 0 atom stereocenters. The van der Waals surface area contributed by atoms with Gasteiger partial charge in [-0.3, -0.25) is 9.36 Å². The third-order valence-electron chi connectivity index (χ3n) is 6.09. The number of carbonyl (C=O) groups is 1. The number of anilines is 2. The van der Waals surface area contributed by atoms with Crippen molar-refractivity contribution in [2.45, 2.75) is 0 Å². The third kappa shape index (κ3) is 3.41. The van der Waals surface area contributed by atoms with E-state index in [9.17, 15) is 4.79 Å². The van der Waals surface area contributed by atoms with Gasteiger partial charge in [-0.25, -0.2) is 9.97 Å². The molecular formula is C28H21N5O2. The molecule has 0 aliphatic rings. The molecule has 0 radical (unpaired) electrons. The first kappa shape index (κ1) is 20.7. The van der Waals surface area contributed by atoms with E-state index in [-0.39, 0.29) is 17.3 Å². The minimum atomic E-state index is -0.347. The number of nitrogens with one attached hydrogen (secondary N) is 1. The Morgan fingerprint density at radius 1 is 0.857 bits per heavy atom. The van der Waals surface area contributed by atoms with Gasteiger partial charge in [0, 0.05) is 16.8 Å². The summed E-state index contributed by atoms with van der Waals surface area (Å²) in [5.74, 6) is 0.633. The van der Waals surface area contributed by atoms with Crippen molar-refractivity contribution in [3.63, 3.8) is 0 Å². The average Bonchev–Trinajstić information content (AvgIpc) is 3.18. The van der Waals surface area contributed by atoms with Gasteiger partial charge < -0.3 is 15.8 Å². The lowest BCUT2D eigenvalue weighted by Crippen LogP contribution is -2.14. The molecule has 2 aromatic heterocycles. The van der Waals surface area contributed by atoms with Crippen LogP contribution in [0.15, 0.2) is 91.0 Å². The Morgan fingerprint density at radius 3 is 2.31 bits per heavy atom. The molecule has 170 valence electrons. The van der Waals surface area contributed by atoms with Crippen LogP contribution in [-0.2, 0) is 0 Å². The van der Waals surface area contributed by atoms with Crippen molar-refractivity contribution in [1.82, 2.24) is 14.5 Å². The number of nitrogen functional groups attached to an aromatic ring is 1. The molecule has 0 fully saturated rings. The summed E-state index contributed by atoms with van der Waals surface area (Å²) in [5.41, 5.74) is 10.7. The van der Waals surface area contributed by atoms with Gasteiger partial charge in [-0.1, -0.05) is 48.5 Å². The number of nitrogens with zero attached hydrogens (tertiary/aromatic N) is 3. The molecule has 4 aromatic carbocycles. The molecule has 0 aliphatic heterocycles. The third-order valence-corrected chi connectivity index (χ3v) is 6.09. The van der Waals surface area contributed by atoms with Crippen molar-refractivity contribution < 1.29 is 9.53 Å². The molecule has 1 amide bonds. The van der Waals surface area contributed by atoms with Crippen LogP contribution in [0, 0.1) is 0 Å². The van der Waals surface area contributed by atoms with Gasteiger partial charge in [0.25, 0.3) is 5.91 Å². The zero-order chi connectivity index (χ0) is 23.9. The summed E-state index contributed by atoms with van der Waals surface area (Å²) < 4.78 is 7.05. The second-order valence-corrected chi connectivity index (χ2v) is 8.16. The fourth-order valence-corrected chi connectivity index (χ4v) is 4.40. The number of hydrogen-bond donors (Lipinski definition) is 2. The number of methoxy groups -OCH3 is 1. The minimum Gasteiger partial charge on any atom is -0.497 e. The van der Waals surface area contributed by atoms with Crippen LogP contribution in [-0.4, -0.2) is 27.6 Å². The van der Waals surface area contributed by atoms with Crippen molar-refractivity contribution in [2.75, 3.05) is 18.2 Å². The summed E-state index contributed by atoms with van der Waals surface area (Å²) in [6, 6.07) is 28.7. The van der Waals surface area contributed by atoms with Gasteiger partial charge in [0.15, 0.2) is 5.65 Å². The predicted octanol–water partition coefficient (Wildman–Crippen LogP) is 5.57. The molecule has 6 rings (SSSR count). The number of carbonyl (C=O) groups excluding carboxylic acids is 1. The lowest BCUT2D eigenvalue weighted by Gasteiger charge is -2.10. The number of aromatic nitrogens is 3. The predicted molar refractivity (Wildman–Crippen MR) is 139 cm³/mol. The van der Waals surface area contributed by atoms with Gasteiger partial charge >= 0.3 is 0 Å². The van der Waals surface area contributed by atoms with Crippen LogP contribution in [0.3, 0.4) is 0 Å². The maximum atomic E-state index is 13.7. The summed E-state index contributed by atoms with van der Waals surface area (Å²) in [7, 11) is 1.61. The van der Waals surface area contributed by atoms with E-state index in [1.807, 2.05) is 91.0 Å². The van der Waals surface area contributed by atoms with Gasteiger partial charge in [-0.05, 0) is 47.9 Å². The Balaban J connectivity index is 1.56. The second-order valence-electron chi connectivity index (χ2n) is 8.16. The van der Waals surface area contributed by atoms with Crippen molar-refractivity contribution in [3.05, 3.63) is 96.6 Å². The number of amides is 1. The van der Waals surface area contributed by atoms with Gasteiger partial charge in [-0.2, -0.15) is 0 Å². The number of rotatable bonds is 4. The lowest BCUT2D eigenvalue weighted by molar-refractivity contribution is 0.102. The SMILES string of the molecule is COc1ccc(-n2c(N)c(C(=O)Nc3cccc4ccccc34)c3nc4ccccc4nc32)cc1. The zero-order valence-electron chi connectivity index (χ0n) is 18.9. The molecular weight excluding hydrogens is 438 g/mol. The van der Waals surface area contributed by atoms with Crippen LogP contribution in [0.4, 0.5) is 11.5 Å². The fourth-order valence-electron chi connectivity index (χ4n) is 4.40. The molecule has 0 unspecified atom stereocenters. The van der Waals surface area contributed by atoms with E-state index in [1.54, 1.807) is 11.7 Å². The molecule has 35 heavy (non-hydrogen) atoms. The number of nitrogens with two attached hydrogens (primary N) is 1. The fraction of sp³-hybridized carbons (Fsp3) is 0.0357. The first-order valence-corrected chi connectivity index (χ1v) is 11.1. The molecule has 0 saturated carbocycles. The first-order chi connectivity index (χ1) is 17.1. The summed E-state index contributed by atoms with van der Waals surface area (Å²) in [5, 5.41) is 5.02. The molecule has 7 nitrogen and oxygen atoms in total. The number of fused-ring (bicyclic) bond motifs is 3. The van der Waals surface area contributed by atoms with Crippen LogP contribution in [0.2, 0.25) is 0 Å². The smallest absolute Gasteiger partial charge is 0.261 e. The van der Waals surface area contributed by atoms with Crippen LogP contribution in [0.25, 0.3) is 38.7 Å². The number of hydrogen-bond acceptors (Lipinski definition) is 5. The molecule has 0 spiro atoms. The van der Waals surface area contributed by atoms with Crippen LogP contribution in [0.5, 0.6) is 5.75 Å². The lowest BCUT2D eigenvalue weighted by atomic mass is 10.1. The van der Waals surface area contributed by atoms with Crippen LogP contribution < -0.4 is 15.8 Å². The van der Waals surface area contributed by atoms with Crippen molar-refractivity contribution in [3.8, 4) is 11.4 Å². The van der Waals surface area contributed by atoms with Crippen LogP contribution >= 0.6 is 0 Å². The van der Waals surface area contributed by atoms with Gasteiger partial charge in [0.1, 0.15) is 22.6 Å². The van der Waals surface area contributed by atoms with Gasteiger partial charge in [-0.15, -0.1) is 0 Å². The summed E-state index contributed by atoms with van der Waals surface area (Å²) in [4.78, 5) is 23.3. The van der Waals surface area contributed by atoms with E-state index >= 15 is 0 Å². The van der Waals surface area contributed by atoms with Crippen molar-refractivity contribution in [2.24, 2.45) is 0 Å². The molecule has 3 N–H and O–H groups in total. The largest absolute Gasteiger partial charge is 0.497 e. The molecule has 0 bridgehead atoms. The van der Waals surface area contributed by atoms with E-state index in [4.69, 9.17) is 20.4 Å². The van der Waals surface area contributed by atoms with E-state index < -0.39 is 0 Å². The Labute approximate surface area is 200 Å². The number of ether oxygens (including phenoxy) is 1. The molecule has 7 heteroatoms. The zero-order valence-corrected chi connectivity index (χ0v) is 18.9. The van der Waals surface area contributed by atoms with E-state index in [0.717, 1.165) is 16.5 Å². The molecule has 0 aliphatic carbocycles. The Kier molecular flexibility index (Phi) is 4.81. The first-order valence-electron chi connectivity index (χ1n) is 11.1. The number of para-hydroxylation sites is 2. The van der Waals surface area contributed by atoms with Gasteiger partial charge in [0.2, 0.25) is 0 Å². The average molecular weight is 460 g/mol. The summed E-state index contributed by atoms with van der Waals surface area (Å²) in [6.45, 7) is 0. The maximum Gasteiger partial charge on any atom is 0.261 e. The second kappa shape index (κ2) is 8.14. The minimum absolute atomic E-state index is 0.262. The van der Waals surface area contributed by atoms with Crippen LogP contribution in [0.1, 0.15) is 10.4 Å². The highest BCUT2D eigenvalue weighted by atomic mass is 16.5. The molecule has 2 heterocycles. The standard InChI is InChI=1S/C28H21N5O2/c1-35-19-15-13-18(14-16-19)33-26(29)24(25-27(33)31-23-11-5-4-10-22(23)30-25)28(34)32-21-12-6-8-17-7-2-3-9-20(17)21/h2-16H,29H2,1H3,(H,32,34). The summed E-state index contributed by atoms with van der Waals surface area (Å²) in [6.07, 6.45) is 0. The van der Waals surface area contributed by atoms with E-state index in [2.05, 4.69) is 5.32 Å². The van der Waals surface area contributed by atoms with Crippen molar-refractivity contribution >= 4 is 50.4 Å². The highest BCUT2D eigenvalue weighted by molar-refractivity contribution is 6.18. The highest BCUT2D eigenvalue weighted by Gasteiger charge is 2.25. The number of benzene rings is 4. The summed E-state index contributed by atoms with van der Waals surface area (Å²) >= 11 is 0. The maximum absolute atomic E-state index is 13.7.